The molecular weight excluding hydrogens is 220 g/mol. The Bertz CT molecular complexity index is 562. The van der Waals surface area contributed by atoms with Gasteiger partial charge in [-0.05, 0) is 12.5 Å². The van der Waals surface area contributed by atoms with Gasteiger partial charge in [0.2, 0.25) is 0 Å². The van der Waals surface area contributed by atoms with Gasteiger partial charge < -0.3 is 5.32 Å². The highest BCUT2D eigenvalue weighted by atomic mass is 14.9. The highest BCUT2D eigenvalue weighted by molar-refractivity contribution is 6.17. The number of allylic oxidation sites excluding steroid dienone is 6. The molecule has 0 aromatic heterocycles. The largest absolute Gasteiger partial charge is 0.383 e. The van der Waals surface area contributed by atoms with Gasteiger partial charge in [0.15, 0.2) is 0 Å². The number of hydrogen-bond acceptors (Lipinski definition) is 2. The van der Waals surface area contributed by atoms with Crippen LogP contribution in [0.1, 0.15) is 12.0 Å². The van der Waals surface area contributed by atoms with Gasteiger partial charge in [-0.15, -0.1) is 0 Å². The molecule has 1 aromatic rings. The summed E-state index contributed by atoms with van der Waals surface area (Å²) in [5, 5.41) is 3.43. The van der Waals surface area contributed by atoms with Gasteiger partial charge in [0.1, 0.15) is 0 Å². The highest BCUT2D eigenvalue weighted by Gasteiger charge is 2.14. The molecule has 90 valence electrons. The van der Waals surface area contributed by atoms with E-state index in [0.717, 1.165) is 25.2 Å². The van der Waals surface area contributed by atoms with Crippen molar-refractivity contribution in [3.8, 4) is 0 Å². The molecule has 0 atom stereocenters. The van der Waals surface area contributed by atoms with Crippen LogP contribution in [0.2, 0.25) is 0 Å². The van der Waals surface area contributed by atoms with Crippen molar-refractivity contribution >= 4 is 11.4 Å². The third-order valence-electron chi connectivity index (χ3n) is 3.13. The molecule has 0 unspecified atom stereocenters. The molecule has 1 heterocycles. The van der Waals surface area contributed by atoms with Crippen molar-refractivity contribution < 1.29 is 0 Å². The first-order valence-corrected chi connectivity index (χ1v) is 6.36. The van der Waals surface area contributed by atoms with Gasteiger partial charge in [0.05, 0.1) is 12.3 Å². The summed E-state index contributed by atoms with van der Waals surface area (Å²) in [6.45, 7) is 1.71. The van der Waals surface area contributed by atoms with E-state index in [2.05, 4.69) is 60.0 Å². The van der Waals surface area contributed by atoms with Gasteiger partial charge in [0.25, 0.3) is 0 Å². The summed E-state index contributed by atoms with van der Waals surface area (Å²) < 4.78 is 0. The van der Waals surface area contributed by atoms with Crippen molar-refractivity contribution in [2.45, 2.75) is 6.42 Å². The number of hydrogen-bond donors (Lipinski definition) is 1. The smallest absolute Gasteiger partial charge is 0.0740 e. The monoisotopic (exact) mass is 236 g/mol. The second-order valence-corrected chi connectivity index (χ2v) is 4.39. The Morgan fingerprint density at radius 1 is 1.11 bits per heavy atom. The van der Waals surface area contributed by atoms with E-state index in [1.807, 2.05) is 0 Å². The average Bonchev–Trinajstić information content (AvgIpc) is 2.79. The van der Waals surface area contributed by atoms with Crippen LogP contribution < -0.4 is 5.32 Å². The van der Waals surface area contributed by atoms with Crippen LogP contribution in [0.3, 0.4) is 0 Å². The minimum absolute atomic E-state index is 0.818. The molecule has 0 saturated carbocycles. The Hall–Kier alpha value is -2.09. The maximum absolute atomic E-state index is 4.73. The molecule has 0 bridgehead atoms. The van der Waals surface area contributed by atoms with Crippen molar-refractivity contribution in [3.63, 3.8) is 0 Å². The summed E-state index contributed by atoms with van der Waals surface area (Å²) >= 11 is 0. The fourth-order valence-corrected chi connectivity index (χ4v) is 2.27. The molecule has 0 spiro atoms. The number of aliphatic imine (C=N–C) groups is 1. The van der Waals surface area contributed by atoms with Crippen LogP contribution in [0, 0.1) is 0 Å². The van der Waals surface area contributed by atoms with E-state index in [0.29, 0.717) is 0 Å². The SMILES string of the molecule is C1=CCC=CC(C2=NCCNc3ccccc32)=C1. The summed E-state index contributed by atoms with van der Waals surface area (Å²) in [4.78, 5) is 4.73. The van der Waals surface area contributed by atoms with Gasteiger partial charge in [-0.25, -0.2) is 0 Å². The number of benzodiazepines with no additional fused rings is 1. The predicted molar refractivity (Wildman–Crippen MR) is 77.3 cm³/mol. The standard InChI is InChI=1S/C16H16N2/c1-2-4-8-13(7-3-1)16-14-9-5-6-10-15(14)17-11-12-18-16/h1,3-10,17H,2,11-12H2. The second-order valence-electron chi connectivity index (χ2n) is 4.39. The van der Waals surface area contributed by atoms with Crippen molar-refractivity contribution in [2.24, 2.45) is 4.99 Å². The lowest BCUT2D eigenvalue weighted by Crippen LogP contribution is -2.05. The van der Waals surface area contributed by atoms with Gasteiger partial charge >= 0.3 is 0 Å². The number of anilines is 1. The van der Waals surface area contributed by atoms with Crippen molar-refractivity contribution in [1.29, 1.82) is 0 Å². The molecule has 0 saturated heterocycles. The summed E-state index contributed by atoms with van der Waals surface area (Å²) in [5.41, 5.74) is 4.66. The summed E-state index contributed by atoms with van der Waals surface area (Å²) in [6, 6.07) is 8.38. The fourth-order valence-electron chi connectivity index (χ4n) is 2.27. The molecule has 1 N–H and O–H groups in total. The summed E-state index contributed by atoms with van der Waals surface area (Å²) in [7, 11) is 0. The van der Waals surface area contributed by atoms with E-state index in [-0.39, 0.29) is 0 Å². The minimum atomic E-state index is 0.818. The molecular formula is C16H16N2. The molecule has 18 heavy (non-hydrogen) atoms. The number of nitrogens with zero attached hydrogens (tertiary/aromatic N) is 1. The lowest BCUT2D eigenvalue weighted by molar-refractivity contribution is 1.04. The average molecular weight is 236 g/mol. The van der Waals surface area contributed by atoms with Crippen LogP contribution in [0.5, 0.6) is 0 Å². The first kappa shape index (κ1) is 11.0. The normalized spacial score (nSPS) is 18.0. The topological polar surface area (TPSA) is 24.4 Å². The number of para-hydroxylation sites is 1. The summed E-state index contributed by atoms with van der Waals surface area (Å²) in [6.07, 6.45) is 11.8. The fraction of sp³-hybridized carbons (Fsp3) is 0.188. The van der Waals surface area contributed by atoms with Gasteiger partial charge in [0, 0.05) is 23.4 Å². The zero-order valence-corrected chi connectivity index (χ0v) is 10.3. The number of fused-ring (bicyclic) bond motifs is 1. The lowest BCUT2D eigenvalue weighted by Gasteiger charge is -2.10. The van der Waals surface area contributed by atoms with Gasteiger partial charge in [-0.1, -0.05) is 48.6 Å². The first-order valence-electron chi connectivity index (χ1n) is 6.36. The van der Waals surface area contributed by atoms with Crippen LogP contribution in [0.25, 0.3) is 0 Å². The molecule has 1 aliphatic carbocycles. The van der Waals surface area contributed by atoms with E-state index in [9.17, 15) is 0 Å². The van der Waals surface area contributed by atoms with Crippen LogP contribution in [-0.2, 0) is 0 Å². The third kappa shape index (κ3) is 2.14. The first-order chi connectivity index (χ1) is 8.95. The Labute approximate surface area is 107 Å². The maximum atomic E-state index is 4.73. The molecule has 0 radical (unpaired) electrons. The van der Waals surface area contributed by atoms with E-state index in [1.54, 1.807) is 0 Å². The molecule has 1 aromatic carbocycles. The molecule has 2 heteroatoms. The van der Waals surface area contributed by atoms with E-state index < -0.39 is 0 Å². The van der Waals surface area contributed by atoms with E-state index in [1.165, 1.54) is 16.8 Å². The molecule has 1 aliphatic heterocycles. The van der Waals surface area contributed by atoms with Crippen LogP contribution in [0.15, 0.2) is 65.2 Å². The molecule has 2 aliphatic rings. The lowest BCUT2D eigenvalue weighted by atomic mass is 10.00. The maximum Gasteiger partial charge on any atom is 0.0740 e. The number of rotatable bonds is 1. The zero-order valence-electron chi connectivity index (χ0n) is 10.3. The molecule has 2 nitrogen and oxygen atoms in total. The number of benzene rings is 1. The Kier molecular flexibility index (Phi) is 3.09. The predicted octanol–water partition coefficient (Wildman–Crippen LogP) is 3.34. The second kappa shape index (κ2) is 5.05. The Morgan fingerprint density at radius 3 is 3.06 bits per heavy atom. The zero-order chi connectivity index (χ0) is 12.2. The Morgan fingerprint density at radius 2 is 2.06 bits per heavy atom. The van der Waals surface area contributed by atoms with Crippen LogP contribution in [0.4, 0.5) is 5.69 Å². The summed E-state index contributed by atoms with van der Waals surface area (Å²) in [5.74, 6) is 0. The van der Waals surface area contributed by atoms with Gasteiger partial charge in [-0.3, -0.25) is 4.99 Å². The molecule has 0 amide bonds. The minimum Gasteiger partial charge on any atom is -0.383 e. The van der Waals surface area contributed by atoms with Crippen molar-refractivity contribution in [1.82, 2.24) is 0 Å². The van der Waals surface area contributed by atoms with E-state index in [4.69, 9.17) is 4.99 Å². The Balaban J connectivity index is 2.08. The van der Waals surface area contributed by atoms with Gasteiger partial charge in [-0.2, -0.15) is 0 Å². The van der Waals surface area contributed by atoms with E-state index >= 15 is 0 Å². The third-order valence-corrected chi connectivity index (χ3v) is 3.13. The molecule has 0 fully saturated rings. The quantitative estimate of drug-likeness (QED) is 0.794. The highest BCUT2D eigenvalue weighted by Crippen LogP contribution is 2.23. The van der Waals surface area contributed by atoms with Crippen molar-refractivity contribution in [2.75, 3.05) is 18.4 Å². The van der Waals surface area contributed by atoms with Crippen LogP contribution >= 0.6 is 0 Å². The molecule has 3 rings (SSSR count). The van der Waals surface area contributed by atoms with Crippen LogP contribution in [-0.4, -0.2) is 18.8 Å². The number of nitrogens with one attached hydrogen (secondary N) is 1. The van der Waals surface area contributed by atoms with Crippen molar-refractivity contribution in [3.05, 3.63) is 65.8 Å².